The van der Waals surface area contributed by atoms with Crippen LogP contribution in [-0.4, -0.2) is 24.4 Å². The van der Waals surface area contributed by atoms with Crippen molar-refractivity contribution in [3.63, 3.8) is 0 Å². The molecule has 0 aromatic carbocycles. The minimum absolute atomic E-state index is 0.0183. The molecule has 0 aromatic rings. The van der Waals surface area contributed by atoms with E-state index in [1.54, 1.807) is 12.5 Å². The van der Waals surface area contributed by atoms with Crippen LogP contribution in [0.15, 0.2) is 24.7 Å². The third-order valence-corrected chi connectivity index (χ3v) is 7.49. The highest BCUT2D eigenvalue weighted by Crippen LogP contribution is 2.14. The molecule has 0 amide bonds. The van der Waals surface area contributed by atoms with Gasteiger partial charge in [-0.1, -0.05) is 155 Å². The summed E-state index contributed by atoms with van der Waals surface area (Å²) in [4.78, 5) is 0. The lowest BCUT2D eigenvalue weighted by molar-refractivity contribution is 0.0260. The highest BCUT2D eigenvalue weighted by Gasteiger charge is 2.05. The van der Waals surface area contributed by atoms with Crippen LogP contribution in [-0.2, 0) is 9.47 Å². The first-order valence-electron chi connectivity index (χ1n) is 17.0. The maximum absolute atomic E-state index is 9.50. The van der Waals surface area contributed by atoms with Gasteiger partial charge >= 0.3 is 0 Å². The number of aliphatic hydroxyl groups excluding tert-OH is 1. The minimum atomic E-state index is -0.287. The second-order valence-corrected chi connectivity index (χ2v) is 11.4. The van der Waals surface area contributed by atoms with E-state index in [0.717, 1.165) is 12.8 Å². The van der Waals surface area contributed by atoms with E-state index in [2.05, 4.69) is 26.0 Å². The van der Waals surface area contributed by atoms with Crippen LogP contribution in [0.5, 0.6) is 0 Å². The minimum Gasteiger partial charge on any atom is -0.498 e. The normalized spacial score (nSPS) is 12.6. The summed E-state index contributed by atoms with van der Waals surface area (Å²) in [5.74, 6) is 0. The third kappa shape index (κ3) is 31.3. The molecule has 1 unspecified atom stereocenters. The van der Waals surface area contributed by atoms with Gasteiger partial charge in [-0.2, -0.15) is 0 Å². The van der Waals surface area contributed by atoms with Crippen molar-refractivity contribution in [2.45, 2.75) is 187 Å². The summed E-state index contributed by atoms with van der Waals surface area (Å²) in [5, 5.41) is 9.50. The summed E-state index contributed by atoms with van der Waals surface area (Å²) < 4.78 is 11.2. The van der Waals surface area contributed by atoms with E-state index in [4.69, 9.17) is 9.47 Å². The zero-order valence-electron chi connectivity index (χ0n) is 25.9. The molecular formula is C35H68O3. The fraction of sp³-hybridized carbons (Fsp3) is 0.886. The van der Waals surface area contributed by atoms with E-state index in [1.807, 2.05) is 0 Å². The van der Waals surface area contributed by atoms with Gasteiger partial charge in [0.1, 0.15) is 6.61 Å². The zero-order chi connectivity index (χ0) is 27.6. The standard InChI is InChI=1S/C35H68O3/c1-3-5-7-9-11-13-15-17-19-21-23-25-27-29-31-37-34-35(33-36)38-32-30-28-26-24-22-20-18-16-14-12-10-8-6-4-2/h29-32,35-36H,3-28,33-34H2,1-2H3/b31-29-,32-30-. The number of hydrogen-bond donors (Lipinski definition) is 1. The number of unbranched alkanes of at least 4 members (excludes halogenated alkanes) is 24. The second kappa shape index (κ2) is 34.1. The summed E-state index contributed by atoms with van der Waals surface area (Å²) in [6.07, 6.45) is 42.7. The predicted molar refractivity (Wildman–Crippen MR) is 168 cm³/mol. The topological polar surface area (TPSA) is 38.7 Å². The van der Waals surface area contributed by atoms with Crippen molar-refractivity contribution in [3.05, 3.63) is 24.7 Å². The summed E-state index contributed by atoms with van der Waals surface area (Å²) in [7, 11) is 0. The first kappa shape index (κ1) is 37.0. The van der Waals surface area contributed by atoms with Crippen LogP contribution < -0.4 is 0 Å². The molecule has 0 aliphatic carbocycles. The molecule has 226 valence electrons. The van der Waals surface area contributed by atoms with Crippen LogP contribution in [0, 0.1) is 0 Å². The van der Waals surface area contributed by atoms with Gasteiger partial charge in [0.2, 0.25) is 0 Å². The lowest BCUT2D eigenvalue weighted by Gasteiger charge is -2.13. The van der Waals surface area contributed by atoms with Gasteiger partial charge < -0.3 is 14.6 Å². The van der Waals surface area contributed by atoms with Crippen LogP contribution in [0.4, 0.5) is 0 Å². The van der Waals surface area contributed by atoms with Crippen LogP contribution in [0.1, 0.15) is 181 Å². The maximum Gasteiger partial charge on any atom is 0.154 e. The average Bonchev–Trinajstić information content (AvgIpc) is 2.93. The van der Waals surface area contributed by atoms with E-state index >= 15 is 0 Å². The van der Waals surface area contributed by atoms with Crippen LogP contribution in [0.2, 0.25) is 0 Å². The van der Waals surface area contributed by atoms with E-state index < -0.39 is 0 Å². The Balaban J connectivity index is 3.40. The Kier molecular flexibility index (Phi) is 33.2. The summed E-state index contributed by atoms with van der Waals surface area (Å²) in [5.41, 5.74) is 0. The fourth-order valence-corrected chi connectivity index (χ4v) is 4.88. The Labute approximate surface area is 239 Å². The first-order valence-corrected chi connectivity index (χ1v) is 17.0. The maximum atomic E-state index is 9.50. The quantitative estimate of drug-likeness (QED) is 0.0686. The molecule has 0 aliphatic heterocycles. The SMILES string of the molecule is CCCCCCCCCCCCCC/C=C\OCC(CO)O/C=C\CCCCCCCCCCCCCC. The van der Waals surface area contributed by atoms with Gasteiger partial charge in [-0.25, -0.2) is 0 Å². The Morgan fingerprint density at radius 1 is 0.474 bits per heavy atom. The molecule has 0 aromatic heterocycles. The number of ether oxygens (including phenoxy) is 2. The van der Waals surface area contributed by atoms with Gasteiger partial charge in [0, 0.05) is 0 Å². The Bertz CT molecular complexity index is 474. The van der Waals surface area contributed by atoms with Crippen LogP contribution in [0.3, 0.4) is 0 Å². The molecule has 0 aliphatic rings. The molecule has 0 saturated carbocycles. The van der Waals surface area contributed by atoms with Gasteiger partial charge in [-0.15, -0.1) is 0 Å². The van der Waals surface area contributed by atoms with Gasteiger partial charge in [-0.3, -0.25) is 0 Å². The van der Waals surface area contributed by atoms with Gasteiger partial charge in [-0.05, 0) is 37.8 Å². The van der Waals surface area contributed by atoms with Gasteiger partial charge in [0.15, 0.2) is 6.10 Å². The van der Waals surface area contributed by atoms with Crippen molar-refractivity contribution in [3.8, 4) is 0 Å². The summed E-state index contributed by atoms with van der Waals surface area (Å²) in [6.45, 7) is 4.94. The van der Waals surface area contributed by atoms with Crippen LogP contribution >= 0.6 is 0 Å². The fourth-order valence-electron chi connectivity index (χ4n) is 4.88. The molecule has 3 nitrogen and oxygen atoms in total. The van der Waals surface area contributed by atoms with E-state index in [-0.39, 0.29) is 12.7 Å². The molecule has 0 bridgehead atoms. The predicted octanol–water partition coefficient (Wildman–Crippen LogP) is 11.6. The Morgan fingerprint density at radius 2 is 0.816 bits per heavy atom. The van der Waals surface area contributed by atoms with Gasteiger partial charge in [0.25, 0.3) is 0 Å². The highest BCUT2D eigenvalue weighted by molar-refractivity contribution is 4.77. The lowest BCUT2D eigenvalue weighted by atomic mass is 10.0. The van der Waals surface area contributed by atoms with E-state index in [0.29, 0.717) is 6.61 Å². The molecule has 1 N–H and O–H groups in total. The Hall–Kier alpha value is -0.960. The molecular weight excluding hydrogens is 468 g/mol. The molecule has 0 rings (SSSR count). The molecule has 1 atom stereocenters. The van der Waals surface area contributed by atoms with E-state index in [9.17, 15) is 5.11 Å². The van der Waals surface area contributed by atoms with Crippen molar-refractivity contribution in [1.29, 1.82) is 0 Å². The van der Waals surface area contributed by atoms with Crippen molar-refractivity contribution >= 4 is 0 Å². The number of rotatable bonds is 32. The first-order chi connectivity index (χ1) is 18.8. The molecule has 3 heteroatoms. The third-order valence-electron chi connectivity index (χ3n) is 7.49. The highest BCUT2D eigenvalue weighted by atomic mass is 16.5. The van der Waals surface area contributed by atoms with Crippen molar-refractivity contribution in [2.24, 2.45) is 0 Å². The summed E-state index contributed by atoms with van der Waals surface area (Å²) >= 11 is 0. The molecule has 0 radical (unpaired) electrons. The molecule has 0 saturated heterocycles. The molecule has 0 fully saturated rings. The second-order valence-electron chi connectivity index (χ2n) is 11.4. The molecule has 0 spiro atoms. The lowest BCUT2D eigenvalue weighted by Crippen LogP contribution is -2.20. The average molecular weight is 537 g/mol. The zero-order valence-corrected chi connectivity index (χ0v) is 25.9. The smallest absolute Gasteiger partial charge is 0.154 e. The summed E-state index contributed by atoms with van der Waals surface area (Å²) in [6, 6.07) is 0. The van der Waals surface area contributed by atoms with E-state index in [1.165, 1.54) is 154 Å². The number of aliphatic hydroxyl groups is 1. The Morgan fingerprint density at radius 3 is 1.18 bits per heavy atom. The van der Waals surface area contributed by atoms with Crippen molar-refractivity contribution in [1.82, 2.24) is 0 Å². The van der Waals surface area contributed by atoms with Crippen molar-refractivity contribution in [2.75, 3.05) is 13.2 Å². The van der Waals surface area contributed by atoms with Crippen LogP contribution in [0.25, 0.3) is 0 Å². The largest absolute Gasteiger partial charge is 0.498 e. The number of hydrogen-bond acceptors (Lipinski definition) is 3. The monoisotopic (exact) mass is 537 g/mol. The molecule has 38 heavy (non-hydrogen) atoms. The van der Waals surface area contributed by atoms with Gasteiger partial charge in [0.05, 0.1) is 19.1 Å². The van der Waals surface area contributed by atoms with Crippen molar-refractivity contribution < 1.29 is 14.6 Å². The molecule has 0 heterocycles. The number of allylic oxidation sites excluding steroid dienone is 2.